The lowest BCUT2D eigenvalue weighted by Crippen LogP contribution is -2.40. The number of rotatable bonds is 4. The van der Waals surface area contributed by atoms with E-state index in [1.807, 2.05) is 30.9 Å². The van der Waals surface area contributed by atoms with Crippen LogP contribution in [0, 0.1) is 5.92 Å². The molecule has 1 saturated heterocycles. The SMILES string of the molecule is CCC(CC)C(=O)N1CCCN(C(=O)c2cc3ccccc3oc2=O)CC1. The summed E-state index contributed by atoms with van der Waals surface area (Å²) in [7, 11) is 0. The van der Waals surface area contributed by atoms with E-state index in [1.165, 1.54) is 0 Å². The van der Waals surface area contributed by atoms with Gasteiger partial charge in [0.15, 0.2) is 0 Å². The average Bonchev–Trinajstić information content (AvgIpc) is 2.94. The smallest absolute Gasteiger partial charge is 0.349 e. The molecule has 0 spiro atoms. The van der Waals surface area contributed by atoms with E-state index in [2.05, 4.69) is 0 Å². The number of carbonyl (C=O) groups is 2. The van der Waals surface area contributed by atoms with Gasteiger partial charge in [-0.15, -0.1) is 0 Å². The molecule has 0 saturated carbocycles. The standard InChI is InChI=1S/C21H26N2O4/c1-3-15(4-2)19(24)22-10-7-11-23(13-12-22)20(25)17-14-16-8-5-6-9-18(16)27-21(17)26/h5-6,8-9,14-15H,3-4,7,10-13H2,1-2H3. The van der Waals surface area contributed by atoms with E-state index in [1.54, 1.807) is 23.1 Å². The minimum Gasteiger partial charge on any atom is -0.422 e. The maximum atomic E-state index is 12.9. The van der Waals surface area contributed by atoms with Crippen LogP contribution in [0.2, 0.25) is 0 Å². The Morgan fingerprint density at radius 3 is 2.44 bits per heavy atom. The highest BCUT2D eigenvalue weighted by atomic mass is 16.4. The molecule has 144 valence electrons. The first-order valence-electron chi connectivity index (χ1n) is 9.66. The number of para-hydroxylation sites is 1. The Balaban J connectivity index is 1.76. The average molecular weight is 370 g/mol. The Morgan fingerprint density at radius 1 is 1.04 bits per heavy atom. The summed E-state index contributed by atoms with van der Waals surface area (Å²) in [5.41, 5.74) is -0.0989. The van der Waals surface area contributed by atoms with Gasteiger partial charge in [0.25, 0.3) is 5.91 Å². The summed E-state index contributed by atoms with van der Waals surface area (Å²) in [6, 6.07) is 8.74. The number of nitrogens with zero attached hydrogens (tertiary/aromatic N) is 2. The van der Waals surface area contributed by atoms with Gasteiger partial charge < -0.3 is 14.2 Å². The number of benzene rings is 1. The Labute approximate surface area is 158 Å². The van der Waals surface area contributed by atoms with Gasteiger partial charge in [-0.05, 0) is 31.4 Å². The van der Waals surface area contributed by atoms with Crippen molar-refractivity contribution >= 4 is 22.8 Å². The molecule has 3 rings (SSSR count). The molecule has 2 aromatic rings. The summed E-state index contributed by atoms with van der Waals surface area (Å²) in [5.74, 6) is -0.120. The minimum absolute atomic E-state index is 0.0415. The van der Waals surface area contributed by atoms with Crippen molar-refractivity contribution in [2.45, 2.75) is 33.1 Å². The Kier molecular flexibility index (Phi) is 5.94. The third-order valence-corrected chi connectivity index (χ3v) is 5.30. The molecule has 1 aliphatic rings. The molecule has 6 heteroatoms. The summed E-state index contributed by atoms with van der Waals surface area (Å²) in [6.45, 7) is 6.15. The van der Waals surface area contributed by atoms with Crippen molar-refractivity contribution in [1.29, 1.82) is 0 Å². The molecule has 0 unspecified atom stereocenters. The largest absolute Gasteiger partial charge is 0.422 e. The minimum atomic E-state index is -0.618. The van der Waals surface area contributed by atoms with Gasteiger partial charge in [0.2, 0.25) is 5.91 Å². The lowest BCUT2D eigenvalue weighted by Gasteiger charge is -2.25. The highest BCUT2D eigenvalue weighted by Crippen LogP contribution is 2.17. The number of hydrogen-bond donors (Lipinski definition) is 0. The predicted molar refractivity (Wildman–Crippen MR) is 104 cm³/mol. The molecule has 1 aromatic carbocycles. The van der Waals surface area contributed by atoms with Gasteiger partial charge >= 0.3 is 5.63 Å². The topological polar surface area (TPSA) is 70.8 Å². The van der Waals surface area contributed by atoms with Gasteiger partial charge in [0, 0.05) is 37.5 Å². The van der Waals surface area contributed by atoms with Crippen molar-refractivity contribution < 1.29 is 14.0 Å². The second kappa shape index (κ2) is 8.37. The van der Waals surface area contributed by atoms with Crippen LogP contribution >= 0.6 is 0 Å². The van der Waals surface area contributed by atoms with Gasteiger partial charge in [0.1, 0.15) is 11.1 Å². The van der Waals surface area contributed by atoms with E-state index >= 15 is 0 Å². The summed E-state index contributed by atoms with van der Waals surface area (Å²) >= 11 is 0. The highest BCUT2D eigenvalue weighted by molar-refractivity contribution is 5.96. The quantitative estimate of drug-likeness (QED) is 0.776. The summed E-state index contributed by atoms with van der Waals surface area (Å²) < 4.78 is 5.29. The molecule has 2 amide bonds. The molecular weight excluding hydrogens is 344 g/mol. The number of fused-ring (bicyclic) bond motifs is 1. The third-order valence-electron chi connectivity index (χ3n) is 5.30. The van der Waals surface area contributed by atoms with Gasteiger partial charge in [0.05, 0.1) is 0 Å². The van der Waals surface area contributed by atoms with Crippen molar-refractivity contribution in [3.63, 3.8) is 0 Å². The Bertz CT molecular complexity index is 885. The fraction of sp³-hybridized carbons (Fsp3) is 0.476. The second-order valence-electron chi connectivity index (χ2n) is 6.97. The number of hydrogen-bond acceptors (Lipinski definition) is 4. The lowest BCUT2D eigenvalue weighted by molar-refractivity contribution is -0.135. The molecule has 0 N–H and O–H groups in total. The molecule has 2 heterocycles. The first kappa shape index (κ1) is 19.1. The monoisotopic (exact) mass is 370 g/mol. The summed E-state index contributed by atoms with van der Waals surface area (Å²) in [4.78, 5) is 41.3. The molecule has 0 aliphatic carbocycles. The summed E-state index contributed by atoms with van der Waals surface area (Å²) in [5, 5.41) is 0.723. The molecular formula is C21H26N2O4. The second-order valence-corrected chi connectivity index (χ2v) is 6.97. The van der Waals surface area contributed by atoms with E-state index in [9.17, 15) is 14.4 Å². The van der Waals surface area contributed by atoms with Gasteiger partial charge in [-0.25, -0.2) is 4.79 Å². The van der Waals surface area contributed by atoms with Gasteiger partial charge in [-0.3, -0.25) is 9.59 Å². The molecule has 0 bridgehead atoms. The van der Waals surface area contributed by atoms with Crippen molar-refractivity contribution in [3.05, 3.63) is 46.3 Å². The zero-order chi connectivity index (χ0) is 19.4. The number of amides is 2. The first-order valence-corrected chi connectivity index (χ1v) is 9.66. The van der Waals surface area contributed by atoms with E-state index in [0.717, 1.165) is 18.2 Å². The lowest BCUT2D eigenvalue weighted by atomic mass is 10.0. The molecule has 0 radical (unpaired) electrons. The fourth-order valence-electron chi connectivity index (χ4n) is 3.62. The third kappa shape index (κ3) is 4.04. The predicted octanol–water partition coefficient (Wildman–Crippen LogP) is 2.90. The van der Waals surface area contributed by atoms with Crippen molar-refractivity contribution in [3.8, 4) is 0 Å². The zero-order valence-electron chi connectivity index (χ0n) is 15.9. The maximum Gasteiger partial charge on any atom is 0.349 e. The van der Waals surface area contributed by atoms with Crippen molar-refractivity contribution in [1.82, 2.24) is 9.80 Å². The Hall–Kier alpha value is -2.63. The van der Waals surface area contributed by atoms with E-state index < -0.39 is 5.63 Å². The van der Waals surface area contributed by atoms with Crippen LogP contribution in [0.4, 0.5) is 0 Å². The van der Waals surface area contributed by atoms with Gasteiger partial charge in [-0.1, -0.05) is 32.0 Å². The van der Waals surface area contributed by atoms with Crippen molar-refractivity contribution in [2.24, 2.45) is 5.92 Å². The van der Waals surface area contributed by atoms with Crippen LogP contribution in [0.1, 0.15) is 43.5 Å². The molecule has 1 fully saturated rings. The fourth-order valence-corrected chi connectivity index (χ4v) is 3.62. The van der Waals surface area contributed by atoms with Crippen LogP contribution in [0.25, 0.3) is 11.0 Å². The zero-order valence-corrected chi connectivity index (χ0v) is 15.9. The molecule has 27 heavy (non-hydrogen) atoms. The molecule has 1 aliphatic heterocycles. The van der Waals surface area contributed by atoms with Crippen LogP contribution in [-0.2, 0) is 4.79 Å². The number of carbonyl (C=O) groups excluding carboxylic acids is 2. The molecule has 1 aromatic heterocycles. The molecule has 6 nitrogen and oxygen atoms in total. The molecule has 0 atom stereocenters. The van der Waals surface area contributed by atoms with Crippen LogP contribution in [0.15, 0.2) is 39.5 Å². The highest BCUT2D eigenvalue weighted by Gasteiger charge is 2.27. The normalized spacial score (nSPS) is 15.2. The van der Waals surface area contributed by atoms with E-state index in [0.29, 0.717) is 38.2 Å². The maximum absolute atomic E-state index is 12.9. The summed E-state index contributed by atoms with van der Waals surface area (Å²) in [6.07, 6.45) is 2.36. The van der Waals surface area contributed by atoms with E-state index in [4.69, 9.17) is 4.42 Å². The van der Waals surface area contributed by atoms with E-state index in [-0.39, 0.29) is 23.3 Å². The van der Waals surface area contributed by atoms with Crippen LogP contribution in [0.5, 0.6) is 0 Å². The van der Waals surface area contributed by atoms with Crippen LogP contribution in [0.3, 0.4) is 0 Å². The van der Waals surface area contributed by atoms with Gasteiger partial charge in [-0.2, -0.15) is 0 Å². The first-order chi connectivity index (χ1) is 13.0. The Morgan fingerprint density at radius 2 is 1.70 bits per heavy atom. The van der Waals surface area contributed by atoms with Crippen LogP contribution in [-0.4, -0.2) is 47.8 Å². The van der Waals surface area contributed by atoms with Crippen LogP contribution < -0.4 is 5.63 Å². The van der Waals surface area contributed by atoms with Crippen molar-refractivity contribution in [2.75, 3.05) is 26.2 Å².